The van der Waals surface area contributed by atoms with Crippen LogP contribution in [-0.4, -0.2) is 37.9 Å². The molecule has 0 amide bonds. The SMILES string of the molecule is CC/C=C\C/C=C\C/C=C\C/C=C\CCCCCCCOCC(COC(=O)CCCCC/C=C\C/C=C\C/C=C\CC)OC(=O)CCCCCCC. The molecule has 0 saturated carbocycles. The number of hydrogen-bond acceptors (Lipinski definition) is 5. The summed E-state index contributed by atoms with van der Waals surface area (Å²) in [7, 11) is 0. The lowest BCUT2D eigenvalue weighted by Crippen LogP contribution is -2.30. The first-order valence-electron chi connectivity index (χ1n) is 21.1. The Morgan fingerprint density at radius 2 is 0.865 bits per heavy atom. The normalized spacial score (nSPS) is 13.1. The van der Waals surface area contributed by atoms with Gasteiger partial charge in [-0.05, 0) is 89.9 Å². The molecule has 52 heavy (non-hydrogen) atoms. The third-order valence-electron chi connectivity index (χ3n) is 8.43. The van der Waals surface area contributed by atoms with Crippen LogP contribution in [0.15, 0.2) is 85.1 Å². The highest BCUT2D eigenvalue weighted by Crippen LogP contribution is 2.11. The molecule has 0 fully saturated rings. The fraction of sp³-hybridized carbons (Fsp3) is 0.660. The van der Waals surface area contributed by atoms with Crippen molar-refractivity contribution in [3.8, 4) is 0 Å². The molecule has 0 heterocycles. The molecule has 0 radical (unpaired) electrons. The summed E-state index contributed by atoms with van der Waals surface area (Å²) in [5.74, 6) is -0.463. The molecule has 0 bridgehead atoms. The van der Waals surface area contributed by atoms with Crippen molar-refractivity contribution in [3.05, 3.63) is 85.1 Å². The lowest BCUT2D eigenvalue weighted by atomic mass is 10.1. The zero-order chi connectivity index (χ0) is 37.8. The van der Waals surface area contributed by atoms with E-state index in [9.17, 15) is 9.59 Å². The monoisotopic (exact) mass is 723 g/mol. The summed E-state index contributed by atoms with van der Waals surface area (Å²) in [5, 5.41) is 0. The van der Waals surface area contributed by atoms with Crippen molar-refractivity contribution < 1.29 is 23.8 Å². The molecule has 0 saturated heterocycles. The quantitative estimate of drug-likeness (QED) is 0.0363. The van der Waals surface area contributed by atoms with Gasteiger partial charge in [0.1, 0.15) is 6.61 Å². The van der Waals surface area contributed by atoms with Gasteiger partial charge in [0.05, 0.1) is 6.61 Å². The second kappa shape index (κ2) is 42.5. The van der Waals surface area contributed by atoms with Crippen molar-refractivity contribution in [2.45, 2.75) is 181 Å². The van der Waals surface area contributed by atoms with E-state index in [-0.39, 0.29) is 25.2 Å². The number of rotatable bonds is 37. The van der Waals surface area contributed by atoms with E-state index in [1.54, 1.807) is 0 Å². The first-order chi connectivity index (χ1) is 25.6. The zero-order valence-electron chi connectivity index (χ0n) is 33.8. The second-order valence-electron chi connectivity index (χ2n) is 13.5. The number of esters is 2. The second-order valence-corrected chi connectivity index (χ2v) is 13.5. The number of hydrogen-bond donors (Lipinski definition) is 0. The standard InChI is InChI=1S/C47H78O5/c1-4-7-10-13-15-17-19-21-22-23-24-25-27-29-31-33-36-39-42-50-43-45(52-47(49)41-38-34-12-9-6-3)44-51-46(48)40-37-35-32-30-28-26-20-18-16-14-11-8-5-2/h7-8,10-11,15-18,21-22,24-26,28,45H,4-6,9,12-14,19-20,23,27,29-44H2,1-3H3/b10-7-,11-8-,17-15-,18-16-,22-21-,25-24-,28-26-. The van der Waals surface area contributed by atoms with Crippen LogP contribution in [-0.2, 0) is 23.8 Å². The van der Waals surface area contributed by atoms with Gasteiger partial charge < -0.3 is 14.2 Å². The molecule has 5 nitrogen and oxygen atoms in total. The van der Waals surface area contributed by atoms with E-state index in [1.165, 1.54) is 32.1 Å². The van der Waals surface area contributed by atoms with Crippen molar-refractivity contribution in [1.82, 2.24) is 0 Å². The van der Waals surface area contributed by atoms with Gasteiger partial charge in [-0.2, -0.15) is 0 Å². The maximum atomic E-state index is 12.5. The zero-order valence-corrected chi connectivity index (χ0v) is 33.8. The third kappa shape index (κ3) is 39.9. The Balaban J connectivity index is 4.18. The van der Waals surface area contributed by atoms with E-state index in [0.29, 0.717) is 19.4 Å². The average Bonchev–Trinajstić information content (AvgIpc) is 3.14. The number of allylic oxidation sites excluding steroid dienone is 14. The highest BCUT2D eigenvalue weighted by molar-refractivity contribution is 5.70. The molecular formula is C47H78O5. The summed E-state index contributed by atoms with van der Waals surface area (Å²) in [6.45, 7) is 7.43. The van der Waals surface area contributed by atoms with E-state index in [0.717, 1.165) is 109 Å². The van der Waals surface area contributed by atoms with E-state index >= 15 is 0 Å². The summed E-state index contributed by atoms with van der Waals surface area (Å²) in [4.78, 5) is 24.9. The maximum Gasteiger partial charge on any atom is 0.306 e. The summed E-state index contributed by atoms with van der Waals surface area (Å²) in [5.41, 5.74) is 0. The molecule has 0 aliphatic rings. The van der Waals surface area contributed by atoms with E-state index in [4.69, 9.17) is 14.2 Å². The third-order valence-corrected chi connectivity index (χ3v) is 8.43. The van der Waals surface area contributed by atoms with Gasteiger partial charge >= 0.3 is 11.9 Å². The van der Waals surface area contributed by atoms with Gasteiger partial charge in [0.15, 0.2) is 6.10 Å². The van der Waals surface area contributed by atoms with Crippen LogP contribution in [0.5, 0.6) is 0 Å². The molecule has 296 valence electrons. The van der Waals surface area contributed by atoms with Crippen molar-refractivity contribution >= 4 is 11.9 Å². The van der Waals surface area contributed by atoms with E-state index in [1.807, 2.05) is 0 Å². The number of unbranched alkanes of at least 4 members (excludes halogenated alkanes) is 12. The van der Waals surface area contributed by atoms with Crippen LogP contribution in [0.3, 0.4) is 0 Å². The average molecular weight is 723 g/mol. The van der Waals surface area contributed by atoms with Gasteiger partial charge in [0, 0.05) is 19.4 Å². The van der Waals surface area contributed by atoms with Crippen LogP contribution < -0.4 is 0 Å². The first-order valence-corrected chi connectivity index (χ1v) is 21.1. The number of carbonyl (C=O) groups is 2. The minimum absolute atomic E-state index is 0.0577. The first kappa shape index (κ1) is 49.1. The molecule has 0 aliphatic carbocycles. The van der Waals surface area contributed by atoms with E-state index in [2.05, 4.69) is 106 Å². The summed E-state index contributed by atoms with van der Waals surface area (Å²) >= 11 is 0. The molecule has 0 N–H and O–H groups in total. The van der Waals surface area contributed by atoms with Gasteiger partial charge in [-0.3, -0.25) is 9.59 Å². The lowest BCUT2D eigenvalue weighted by Gasteiger charge is -2.18. The van der Waals surface area contributed by atoms with Crippen LogP contribution >= 0.6 is 0 Å². The van der Waals surface area contributed by atoms with Crippen LogP contribution in [0.4, 0.5) is 0 Å². The number of carbonyl (C=O) groups excluding carboxylic acids is 2. The topological polar surface area (TPSA) is 61.8 Å². The highest BCUT2D eigenvalue weighted by Gasteiger charge is 2.17. The molecule has 0 aromatic carbocycles. The van der Waals surface area contributed by atoms with Crippen LogP contribution in [0, 0.1) is 0 Å². The lowest BCUT2D eigenvalue weighted by molar-refractivity contribution is -0.163. The Labute approximate surface area is 320 Å². The predicted octanol–water partition coefficient (Wildman–Crippen LogP) is 13.8. The van der Waals surface area contributed by atoms with Gasteiger partial charge in [-0.1, -0.05) is 157 Å². The van der Waals surface area contributed by atoms with Gasteiger partial charge in [0.25, 0.3) is 0 Å². The van der Waals surface area contributed by atoms with Crippen molar-refractivity contribution in [1.29, 1.82) is 0 Å². The highest BCUT2D eigenvalue weighted by atomic mass is 16.6. The molecule has 5 heteroatoms. The minimum atomic E-state index is -0.556. The number of ether oxygens (including phenoxy) is 3. The summed E-state index contributed by atoms with van der Waals surface area (Å²) < 4.78 is 17.1. The Morgan fingerprint density at radius 3 is 1.40 bits per heavy atom. The van der Waals surface area contributed by atoms with Gasteiger partial charge in [0.2, 0.25) is 0 Å². The minimum Gasteiger partial charge on any atom is -0.462 e. The largest absolute Gasteiger partial charge is 0.462 e. The molecule has 0 aromatic rings. The molecule has 0 spiro atoms. The van der Waals surface area contributed by atoms with Crippen molar-refractivity contribution in [2.24, 2.45) is 0 Å². The fourth-order valence-corrected chi connectivity index (χ4v) is 5.34. The van der Waals surface area contributed by atoms with Crippen molar-refractivity contribution in [2.75, 3.05) is 19.8 Å². The van der Waals surface area contributed by atoms with Crippen LogP contribution in [0.25, 0.3) is 0 Å². The molecule has 0 aliphatic heterocycles. The Kier molecular flexibility index (Phi) is 40.1. The van der Waals surface area contributed by atoms with Crippen LogP contribution in [0.2, 0.25) is 0 Å². The molecular weight excluding hydrogens is 645 g/mol. The molecule has 1 unspecified atom stereocenters. The Bertz CT molecular complexity index is 999. The fourth-order valence-electron chi connectivity index (χ4n) is 5.34. The van der Waals surface area contributed by atoms with E-state index < -0.39 is 6.10 Å². The summed E-state index contributed by atoms with van der Waals surface area (Å²) in [6.07, 6.45) is 54.7. The van der Waals surface area contributed by atoms with Crippen molar-refractivity contribution in [3.63, 3.8) is 0 Å². The van der Waals surface area contributed by atoms with Gasteiger partial charge in [-0.15, -0.1) is 0 Å². The maximum absolute atomic E-state index is 12.5. The van der Waals surface area contributed by atoms with Crippen LogP contribution in [0.1, 0.15) is 175 Å². The molecule has 0 aromatic heterocycles. The molecule has 1 atom stereocenters. The predicted molar refractivity (Wildman–Crippen MR) is 223 cm³/mol. The Morgan fingerprint density at radius 1 is 0.442 bits per heavy atom. The molecule has 0 rings (SSSR count). The smallest absolute Gasteiger partial charge is 0.306 e. The van der Waals surface area contributed by atoms with Gasteiger partial charge in [-0.25, -0.2) is 0 Å². The Hall–Kier alpha value is -2.92. The summed E-state index contributed by atoms with van der Waals surface area (Å²) in [6, 6.07) is 0.